The van der Waals surface area contributed by atoms with E-state index in [1.807, 2.05) is 0 Å². The van der Waals surface area contributed by atoms with Crippen molar-refractivity contribution in [2.45, 2.75) is 45.8 Å². The average molecular weight is 416 g/mol. The first-order valence-corrected chi connectivity index (χ1v) is 9.75. The van der Waals surface area contributed by atoms with Crippen LogP contribution in [0.5, 0.6) is 0 Å². The molecule has 0 saturated carbocycles. The molecule has 0 fully saturated rings. The van der Waals surface area contributed by atoms with Gasteiger partial charge in [-0.25, -0.2) is 4.79 Å². The molecule has 0 aliphatic heterocycles. The highest BCUT2D eigenvalue weighted by molar-refractivity contribution is 7.78. The minimum atomic E-state index is -4.46. The van der Waals surface area contributed by atoms with E-state index >= 15 is 0 Å². The Morgan fingerprint density at radius 2 is 2.07 bits per heavy atom. The lowest BCUT2D eigenvalue weighted by molar-refractivity contribution is -0.137. The third-order valence-corrected chi connectivity index (χ3v) is 6.42. The van der Waals surface area contributed by atoms with Gasteiger partial charge in [0, 0.05) is 16.3 Å². The van der Waals surface area contributed by atoms with E-state index in [-0.39, 0.29) is 17.5 Å². The van der Waals surface area contributed by atoms with Crippen LogP contribution in [0, 0.1) is 5.41 Å². The molecule has 0 bridgehead atoms. The molecule has 3 nitrogen and oxygen atoms in total. The summed E-state index contributed by atoms with van der Waals surface area (Å²) in [5, 5.41) is 9.84. The Morgan fingerprint density at radius 3 is 2.67 bits per heavy atom. The summed E-state index contributed by atoms with van der Waals surface area (Å²) < 4.78 is 41.9. The average Bonchev–Trinajstić information content (AvgIpc) is 2.91. The molecule has 1 aliphatic rings. The third-order valence-electron chi connectivity index (χ3n) is 4.94. The Bertz CT molecular complexity index is 888. The predicted molar refractivity (Wildman–Crippen MR) is 103 cm³/mol. The van der Waals surface area contributed by atoms with Crippen LogP contribution in [0.1, 0.15) is 52.2 Å². The fourth-order valence-electron chi connectivity index (χ4n) is 3.56. The second kappa shape index (κ2) is 7.14. The molecular weight excluding hydrogens is 395 g/mol. The molecule has 1 aromatic carbocycles. The number of aromatic carboxylic acids is 1. The molecular formula is C19H20F3NO2S2. The van der Waals surface area contributed by atoms with Gasteiger partial charge in [0.2, 0.25) is 0 Å². The molecule has 0 atom stereocenters. The van der Waals surface area contributed by atoms with Crippen molar-refractivity contribution in [3.8, 4) is 10.4 Å². The minimum Gasteiger partial charge on any atom is -0.478 e. The summed E-state index contributed by atoms with van der Waals surface area (Å²) in [4.78, 5) is 13.6. The summed E-state index contributed by atoms with van der Waals surface area (Å²) in [6, 6.07) is 3.44. The Labute approximate surface area is 165 Å². The largest absolute Gasteiger partial charge is 0.478 e. The Morgan fingerprint density at radius 1 is 1.37 bits per heavy atom. The molecule has 8 heteroatoms. The van der Waals surface area contributed by atoms with Gasteiger partial charge in [-0.3, -0.25) is 4.72 Å². The second-order valence-electron chi connectivity index (χ2n) is 7.56. The first-order chi connectivity index (χ1) is 12.5. The smallest absolute Gasteiger partial charge is 0.416 e. The quantitative estimate of drug-likeness (QED) is 0.571. The molecule has 2 N–H and O–H groups in total. The third kappa shape index (κ3) is 4.02. The monoisotopic (exact) mass is 415 g/mol. The van der Waals surface area contributed by atoms with Crippen LogP contribution in [0.15, 0.2) is 18.2 Å². The van der Waals surface area contributed by atoms with E-state index in [9.17, 15) is 23.1 Å². The number of rotatable bonds is 4. The van der Waals surface area contributed by atoms with Gasteiger partial charge in [0.05, 0.1) is 11.1 Å². The van der Waals surface area contributed by atoms with Gasteiger partial charge < -0.3 is 5.11 Å². The van der Waals surface area contributed by atoms with Gasteiger partial charge in [-0.15, -0.1) is 11.3 Å². The molecule has 27 heavy (non-hydrogen) atoms. The van der Waals surface area contributed by atoms with E-state index in [0.717, 1.165) is 35.4 Å². The van der Waals surface area contributed by atoms with Gasteiger partial charge >= 0.3 is 12.1 Å². The molecule has 2 aromatic rings. The minimum absolute atomic E-state index is 0.00513. The summed E-state index contributed by atoms with van der Waals surface area (Å²) >= 11 is 5.30. The highest BCUT2D eigenvalue weighted by Gasteiger charge is 2.35. The lowest BCUT2D eigenvalue weighted by Gasteiger charge is -2.29. The molecule has 146 valence electrons. The first-order valence-electron chi connectivity index (χ1n) is 8.49. The van der Waals surface area contributed by atoms with Crippen molar-refractivity contribution in [1.82, 2.24) is 4.72 Å². The van der Waals surface area contributed by atoms with Crippen molar-refractivity contribution in [2.24, 2.45) is 5.41 Å². The lowest BCUT2D eigenvalue weighted by Crippen LogP contribution is -2.22. The lowest BCUT2D eigenvalue weighted by atomic mass is 9.76. The number of thiophene rings is 1. The summed E-state index contributed by atoms with van der Waals surface area (Å²) in [6.45, 7) is 4.30. The normalized spacial score (nSPS) is 16.2. The summed E-state index contributed by atoms with van der Waals surface area (Å²) in [5.41, 5.74) is 1.18. The van der Waals surface area contributed by atoms with E-state index in [1.165, 1.54) is 17.4 Å². The molecule has 0 unspecified atom stereocenters. The maximum Gasteiger partial charge on any atom is 0.416 e. The summed E-state index contributed by atoms with van der Waals surface area (Å²) in [5.74, 6) is -1.04. The van der Waals surface area contributed by atoms with E-state index in [4.69, 9.17) is 0 Å². The number of hydrogen-bond donors (Lipinski definition) is 3. The van der Waals surface area contributed by atoms with Crippen LogP contribution in [0.4, 0.5) is 13.2 Å². The molecule has 0 saturated heterocycles. The fourth-order valence-corrected chi connectivity index (χ4v) is 5.10. The number of nitrogens with one attached hydrogen (secondary N) is 1. The van der Waals surface area contributed by atoms with Crippen LogP contribution in [-0.4, -0.2) is 11.1 Å². The van der Waals surface area contributed by atoms with Crippen molar-refractivity contribution >= 4 is 30.1 Å². The zero-order chi connectivity index (χ0) is 20.0. The number of carboxylic acids is 1. The van der Waals surface area contributed by atoms with Gasteiger partial charge in [0.15, 0.2) is 0 Å². The number of aryl methyl sites for hydroxylation is 1. The van der Waals surface area contributed by atoms with E-state index in [1.54, 1.807) is 0 Å². The Hall–Kier alpha value is -1.51. The molecule has 0 radical (unpaired) electrons. The van der Waals surface area contributed by atoms with E-state index in [2.05, 4.69) is 31.4 Å². The van der Waals surface area contributed by atoms with Crippen molar-refractivity contribution in [1.29, 1.82) is 0 Å². The first kappa shape index (κ1) is 20.2. The van der Waals surface area contributed by atoms with Crippen molar-refractivity contribution in [3.63, 3.8) is 0 Å². The van der Waals surface area contributed by atoms with Crippen LogP contribution in [0.25, 0.3) is 10.4 Å². The summed E-state index contributed by atoms with van der Waals surface area (Å²) in [7, 11) is 0. The van der Waals surface area contributed by atoms with Crippen LogP contribution >= 0.6 is 24.2 Å². The van der Waals surface area contributed by atoms with Crippen LogP contribution < -0.4 is 4.72 Å². The number of hydrogen-bond acceptors (Lipinski definition) is 4. The predicted octanol–water partition coefficient (Wildman–Crippen LogP) is 5.58. The molecule has 0 spiro atoms. The number of carboxylic acid groups (broad SMARTS) is 1. The molecule has 1 aliphatic carbocycles. The van der Waals surface area contributed by atoms with Gasteiger partial charge in [0.25, 0.3) is 0 Å². The molecule has 3 rings (SSSR count). The SMILES string of the molecule is CC1(C)CCc2sc(-c3ccc(C(F)(F)F)cc3CNS)c(C(=O)O)c2C1. The zero-order valence-electron chi connectivity index (χ0n) is 14.9. The number of alkyl halides is 3. The van der Waals surface area contributed by atoms with Gasteiger partial charge in [0.1, 0.15) is 0 Å². The van der Waals surface area contributed by atoms with Gasteiger partial charge in [-0.05, 0) is 53.5 Å². The number of benzene rings is 1. The van der Waals surface area contributed by atoms with Crippen LogP contribution in [0.2, 0.25) is 0 Å². The summed E-state index contributed by atoms with van der Waals surface area (Å²) in [6.07, 6.45) is -2.06. The number of halogens is 3. The Balaban J connectivity index is 2.19. The topological polar surface area (TPSA) is 49.3 Å². The maximum atomic E-state index is 13.1. The van der Waals surface area contributed by atoms with Crippen molar-refractivity contribution in [3.05, 3.63) is 45.3 Å². The molecule has 1 heterocycles. The fraction of sp³-hybridized carbons (Fsp3) is 0.421. The standard InChI is InChI=1S/C19H20F3NO2S2/c1-18(2)6-5-14-13(8-18)15(17(24)25)16(27-14)12-4-3-11(19(20,21)22)7-10(12)9-23-26/h3-4,7,23,26H,5-6,8-9H2,1-2H3,(H,24,25). The zero-order valence-corrected chi connectivity index (χ0v) is 16.6. The van der Waals surface area contributed by atoms with E-state index < -0.39 is 17.7 Å². The van der Waals surface area contributed by atoms with Crippen LogP contribution in [-0.2, 0) is 25.6 Å². The van der Waals surface area contributed by atoms with E-state index in [0.29, 0.717) is 22.4 Å². The highest BCUT2D eigenvalue weighted by Crippen LogP contribution is 2.46. The number of fused-ring (bicyclic) bond motifs is 1. The second-order valence-corrected chi connectivity index (χ2v) is 8.98. The van der Waals surface area contributed by atoms with Gasteiger partial charge in [-0.2, -0.15) is 13.2 Å². The molecule has 0 amide bonds. The Kier molecular flexibility index (Phi) is 5.35. The number of carbonyl (C=O) groups is 1. The van der Waals surface area contributed by atoms with Crippen molar-refractivity contribution in [2.75, 3.05) is 0 Å². The van der Waals surface area contributed by atoms with Crippen LogP contribution in [0.3, 0.4) is 0 Å². The van der Waals surface area contributed by atoms with Crippen molar-refractivity contribution < 1.29 is 23.1 Å². The van der Waals surface area contributed by atoms with Gasteiger partial charge in [-0.1, -0.05) is 32.7 Å². The highest BCUT2D eigenvalue weighted by atomic mass is 32.1. The number of thiol groups is 1. The maximum absolute atomic E-state index is 13.1. The molecule has 1 aromatic heterocycles.